The molecule has 22 nitrogen and oxygen atoms in total. The average molecular weight is 961 g/mol. The highest BCUT2D eigenvalue weighted by atomic mass is 32.2. The molecule has 344 valence electrons. The van der Waals surface area contributed by atoms with E-state index in [4.69, 9.17) is 21.1 Å². The van der Waals surface area contributed by atoms with Crippen molar-refractivity contribution in [1.29, 1.82) is 0 Å². The Bertz CT molecular complexity index is 2190. The number of fused-ring (bicyclic) bond motifs is 2. The fourth-order valence-corrected chi connectivity index (χ4v) is 12.6. The lowest BCUT2D eigenvalue weighted by Gasteiger charge is -2.51. The summed E-state index contributed by atoms with van der Waals surface area (Å²) >= 11 is 5.14. The summed E-state index contributed by atoms with van der Waals surface area (Å²) < 4.78 is 1.51. The first kappa shape index (κ1) is 46.7. The Morgan fingerprint density at radius 3 is 1.38 bits per heavy atom. The number of nitrogen functional groups attached to an aromatic ring is 2. The summed E-state index contributed by atoms with van der Waals surface area (Å²) in [5.74, 6) is -4.12. The molecule has 26 heteroatoms. The van der Waals surface area contributed by atoms with Crippen LogP contribution in [0.2, 0.25) is 0 Å². The Labute approximate surface area is 383 Å². The minimum absolute atomic E-state index is 0.0615. The second-order valence-corrected chi connectivity index (χ2v) is 20.4. The van der Waals surface area contributed by atoms with Gasteiger partial charge in [0.05, 0.1) is 63.6 Å². The minimum atomic E-state index is -1.37. The number of hydrogen-bond acceptors (Lipinski definition) is 20. The molecular weight excluding hydrogens is 913 g/mol. The van der Waals surface area contributed by atoms with E-state index in [1.165, 1.54) is 47.5 Å². The molecule has 0 bridgehead atoms. The molecule has 0 aliphatic carbocycles. The Morgan fingerprint density at radius 1 is 0.719 bits per heavy atom. The predicted octanol–water partition coefficient (Wildman–Crippen LogP) is -2.56. The van der Waals surface area contributed by atoms with Gasteiger partial charge in [-0.1, -0.05) is 10.3 Å². The van der Waals surface area contributed by atoms with Gasteiger partial charge in [-0.2, -0.15) is 0 Å². The Balaban J connectivity index is 0.000000191. The topological polar surface area (TPSA) is 300 Å². The van der Waals surface area contributed by atoms with Crippen LogP contribution in [0.15, 0.2) is 43.6 Å². The smallest absolute Gasteiger partial charge is 0.276 e. The molecule has 4 amide bonds. The van der Waals surface area contributed by atoms with Crippen LogP contribution < -0.4 is 32.3 Å². The molecule has 0 radical (unpaired) electrons. The number of hydrogen-bond donors (Lipinski definition) is 4. The van der Waals surface area contributed by atoms with Crippen LogP contribution in [0.3, 0.4) is 0 Å². The zero-order valence-electron chi connectivity index (χ0n) is 35.4. The summed E-state index contributed by atoms with van der Waals surface area (Å²) in [5, 5.41) is 39.2. The lowest BCUT2D eigenvalue weighted by Crippen LogP contribution is -2.71. The van der Waals surface area contributed by atoms with E-state index in [1.54, 1.807) is 10.8 Å². The van der Waals surface area contributed by atoms with E-state index < -0.39 is 58.4 Å². The number of aliphatic carboxylic acids is 2. The number of carbonyl (C=O) groups is 6. The SMILES string of the molecule is CO/N=C(\C(=O)N[C@@H]1C(=O)N2C(C(=O)[O-])=C(C[N+]3(C)CCCC3)CS[C@H]12)c1csc(N)n1.CO/N=C(\C(=O)N[C@@H]1C(=O)N2C(C(=O)[O-])=C(C[N+]3(C)CCCC3)CS[C@H]12)c1csc(N)n1. The molecule has 2 aromatic rings. The van der Waals surface area contributed by atoms with Crippen LogP contribution >= 0.6 is 46.2 Å². The van der Waals surface area contributed by atoms with Crippen molar-refractivity contribution in [2.24, 2.45) is 10.3 Å². The zero-order chi connectivity index (χ0) is 46.1. The number of thioether (sulfide) groups is 2. The lowest BCUT2D eigenvalue weighted by atomic mass is 10.0. The molecule has 2 aromatic heterocycles. The second kappa shape index (κ2) is 19.1. The van der Waals surface area contributed by atoms with Crippen LogP contribution in [0.25, 0.3) is 0 Å². The molecule has 8 rings (SSSR count). The molecule has 6 aliphatic heterocycles. The number of likely N-dealkylation sites (tertiary alicyclic amines) is 2. The molecule has 4 atom stereocenters. The van der Waals surface area contributed by atoms with Crippen molar-refractivity contribution in [3.05, 3.63) is 44.7 Å². The number of likely N-dealkylation sites (N-methyl/N-ethyl adjacent to an activating group) is 2. The number of nitrogens with zero attached hydrogens (tertiary/aromatic N) is 8. The molecule has 0 saturated carbocycles. The number of carboxylic acid groups (broad SMARTS) is 2. The number of nitrogens with one attached hydrogen (secondary N) is 2. The summed E-state index contributed by atoms with van der Waals surface area (Å²) in [6.45, 7) is 5.06. The molecule has 0 unspecified atom stereocenters. The molecule has 6 N–H and O–H groups in total. The van der Waals surface area contributed by atoms with Crippen molar-refractivity contribution >= 4 is 103 Å². The molecular formula is C38H48N12O10S4. The van der Waals surface area contributed by atoms with Gasteiger partial charge in [0, 0.05) is 59.1 Å². The van der Waals surface area contributed by atoms with Crippen LogP contribution in [0.5, 0.6) is 0 Å². The molecule has 64 heavy (non-hydrogen) atoms. The van der Waals surface area contributed by atoms with E-state index in [-0.39, 0.29) is 44.5 Å². The third kappa shape index (κ3) is 9.42. The number of β-lactam (4-membered cyclic amide) rings is 2. The van der Waals surface area contributed by atoms with E-state index in [0.717, 1.165) is 83.5 Å². The fourth-order valence-electron chi connectivity index (χ4n) is 8.83. The van der Waals surface area contributed by atoms with Gasteiger partial charge in [-0.3, -0.25) is 29.0 Å². The van der Waals surface area contributed by atoms with Crippen LogP contribution in [-0.2, 0) is 38.4 Å². The van der Waals surface area contributed by atoms with Gasteiger partial charge in [-0.25, -0.2) is 9.97 Å². The van der Waals surface area contributed by atoms with Crippen molar-refractivity contribution in [2.75, 3.05) is 90.6 Å². The first-order valence-electron chi connectivity index (χ1n) is 20.2. The normalized spacial score (nSPS) is 24.8. The highest BCUT2D eigenvalue weighted by Crippen LogP contribution is 2.42. The van der Waals surface area contributed by atoms with Crippen molar-refractivity contribution in [2.45, 2.75) is 48.5 Å². The molecule has 4 fully saturated rings. The van der Waals surface area contributed by atoms with E-state index in [9.17, 15) is 39.0 Å². The number of quaternary nitrogens is 2. The van der Waals surface area contributed by atoms with E-state index in [2.05, 4.69) is 45.0 Å². The molecule has 6 aliphatic rings. The number of carbonyl (C=O) groups excluding carboxylic acids is 6. The number of aromatic nitrogens is 2. The summed E-state index contributed by atoms with van der Waals surface area (Å²) in [4.78, 5) is 95.3. The first-order valence-corrected chi connectivity index (χ1v) is 24.0. The van der Waals surface area contributed by atoms with Gasteiger partial charge >= 0.3 is 0 Å². The molecule has 4 saturated heterocycles. The number of nitrogens with two attached hydrogens (primary N) is 2. The van der Waals surface area contributed by atoms with E-state index >= 15 is 0 Å². The van der Waals surface area contributed by atoms with Gasteiger partial charge in [0.1, 0.15) is 61.5 Å². The number of oxime groups is 2. The number of anilines is 2. The number of amides is 4. The van der Waals surface area contributed by atoms with E-state index in [0.29, 0.717) is 35.7 Å². The third-order valence-electron chi connectivity index (χ3n) is 11.8. The molecule has 0 aromatic carbocycles. The van der Waals surface area contributed by atoms with Gasteiger partial charge in [0.2, 0.25) is 0 Å². The third-order valence-corrected chi connectivity index (χ3v) is 15.8. The highest BCUT2D eigenvalue weighted by Gasteiger charge is 2.55. The average Bonchev–Trinajstić information content (AvgIpc) is 4.09. The van der Waals surface area contributed by atoms with Crippen LogP contribution in [-0.4, -0.2) is 178 Å². The number of carboxylic acids is 2. The number of rotatable bonds is 14. The van der Waals surface area contributed by atoms with Gasteiger partial charge in [-0.05, 0) is 0 Å². The zero-order valence-corrected chi connectivity index (χ0v) is 38.7. The van der Waals surface area contributed by atoms with Gasteiger partial charge < -0.3 is 60.5 Å². The molecule has 0 spiro atoms. The maximum Gasteiger partial charge on any atom is 0.276 e. The van der Waals surface area contributed by atoms with Crippen LogP contribution in [0.4, 0.5) is 10.3 Å². The monoisotopic (exact) mass is 960 g/mol. The Morgan fingerprint density at radius 2 is 1.08 bits per heavy atom. The summed E-state index contributed by atoms with van der Waals surface area (Å²) in [6.07, 6.45) is 4.42. The van der Waals surface area contributed by atoms with E-state index in [1.807, 2.05) is 0 Å². The standard InChI is InChI=1S/2C19H24N6O5S2/c2*1-25(5-3-4-6-25)7-10-8-31-17-13(16(27)24(17)14(10)18(28)29)22-15(26)12(23-30-2)11-9-32-19(20)21-11/h2*9,13,17H,3-8H2,1-2H3,(H3-,20,21,22,26,28,29)/b2*23-12-/t2*13-,17-/m11/s1. The lowest BCUT2D eigenvalue weighted by molar-refractivity contribution is -0.893. The van der Waals surface area contributed by atoms with Crippen LogP contribution in [0, 0.1) is 0 Å². The van der Waals surface area contributed by atoms with Crippen molar-refractivity contribution in [3.63, 3.8) is 0 Å². The van der Waals surface area contributed by atoms with Gasteiger partial charge in [0.25, 0.3) is 23.6 Å². The quantitative estimate of drug-likeness (QED) is 0.0656. The maximum absolute atomic E-state index is 12.9. The Kier molecular flexibility index (Phi) is 13.9. The minimum Gasteiger partial charge on any atom is -0.543 e. The summed E-state index contributed by atoms with van der Waals surface area (Å²) in [7, 11) is 6.79. The summed E-state index contributed by atoms with van der Waals surface area (Å²) in [5.41, 5.74) is 12.8. The number of thiazole rings is 2. The molecule has 8 heterocycles. The maximum atomic E-state index is 12.9. The largest absolute Gasteiger partial charge is 0.543 e. The van der Waals surface area contributed by atoms with Gasteiger partial charge in [-0.15, -0.1) is 46.2 Å². The summed E-state index contributed by atoms with van der Waals surface area (Å²) in [6, 6.07) is -1.78. The van der Waals surface area contributed by atoms with Crippen molar-refractivity contribution < 1.29 is 57.6 Å². The predicted molar refractivity (Wildman–Crippen MR) is 234 cm³/mol. The van der Waals surface area contributed by atoms with Crippen molar-refractivity contribution in [1.82, 2.24) is 30.4 Å². The second-order valence-electron chi connectivity index (χ2n) is 16.5. The van der Waals surface area contributed by atoms with Gasteiger partial charge in [0.15, 0.2) is 21.7 Å². The first-order chi connectivity index (χ1) is 30.5. The Hall–Kier alpha value is -5.28. The van der Waals surface area contributed by atoms with Crippen LogP contribution in [0.1, 0.15) is 37.1 Å². The highest BCUT2D eigenvalue weighted by molar-refractivity contribution is 8.00. The fraction of sp³-hybridized carbons (Fsp3) is 0.526. The van der Waals surface area contributed by atoms with Crippen molar-refractivity contribution in [3.8, 4) is 0 Å².